The highest BCUT2D eigenvalue weighted by Crippen LogP contribution is 2.02. The number of primary amides is 1. The van der Waals surface area contributed by atoms with Gasteiger partial charge < -0.3 is 32.2 Å². The zero-order chi connectivity index (χ0) is 19.0. The van der Waals surface area contributed by atoms with E-state index in [-0.39, 0.29) is 19.3 Å². The Morgan fingerprint density at radius 2 is 1.96 bits per heavy atom. The first kappa shape index (κ1) is 20.1. The number of hydrogen-bond acceptors (Lipinski definition) is 6. The molecule has 1 heterocycles. The minimum Gasteiger partial charge on any atom is -0.480 e. The maximum atomic E-state index is 12.3. The lowest BCUT2D eigenvalue weighted by Gasteiger charge is -2.21. The van der Waals surface area contributed by atoms with Crippen LogP contribution >= 0.6 is 0 Å². The molecule has 3 unspecified atom stereocenters. The van der Waals surface area contributed by atoms with Crippen LogP contribution in [0.1, 0.15) is 25.5 Å². The van der Waals surface area contributed by atoms with Crippen LogP contribution in [0.5, 0.6) is 0 Å². The van der Waals surface area contributed by atoms with Gasteiger partial charge in [0.25, 0.3) is 0 Å². The van der Waals surface area contributed by atoms with Crippen LogP contribution in [0.15, 0.2) is 12.5 Å². The fraction of sp³-hybridized carbons (Fsp3) is 0.500. The van der Waals surface area contributed by atoms with Gasteiger partial charge in [0.05, 0.1) is 12.4 Å². The number of H-pyrrole nitrogens is 1. The van der Waals surface area contributed by atoms with Crippen LogP contribution in [-0.4, -0.2) is 56.9 Å². The molecule has 0 aromatic carbocycles. The average molecular weight is 354 g/mol. The number of carboxylic acids is 1. The van der Waals surface area contributed by atoms with Crippen molar-refractivity contribution in [3.63, 3.8) is 0 Å². The molecular formula is C14H22N6O5. The van der Waals surface area contributed by atoms with Gasteiger partial charge in [0, 0.05) is 24.7 Å². The number of carbonyl (C=O) groups excluding carboxylic acids is 3. The first-order chi connectivity index (χ1) is 11.7. The number of aromatic amines is 1. The van der Waals surface area contributed by atoms with Crippen LogP contribution in [0.3, 0.4) is 0 Å². The van der Waals surface area contributed by atoms with Gasteiger partial charge in [-0.2, -0.15) is 0 Å². The van der Waals surface area contributed by atoms with Gasteiger partial charge in [-0.25, -0.2) is 4.98 Å². The Labute approximate surface area is 143 Å². The fourth-order valence-electron chi connectivity index (χ4n) is 1.91. The maximum Gasteiger partial charge on any atom is 0.325 e. The highest BCUT2D eigenvalue weighted by Gasteiger charge is 2.27. The molecule has 11 nitrogen and oxygen atoms in total. The average Bonchev–Trinajstić information content (AvgIpc) is 3.04. The number of carbonyl (C=O) groups is 4. The number of imidazole rings is 1. The van der Waals surface area contributed by atoms with Gasteiger partial charge >= 0.3 is 5.97 Å². The van der Waals surface area contributed by atoms with E-state index in [1.807, 2.05) is 0 Å². The molecule has 0 aliphatic carbocycles. The van der Waals surface area contributed by atoms with E-state index in [1.165, 1.54) is 19.4 Å². The van der Waals surface area contributed by atoms with Crippen molar-refractivity contribution >= 4 is 23.7 Å². The third-order valence-electron chi connectivity index (χ3n) is 3.38. The van der Waals surface area contributed by atoms with E-state index in [0.29, 0.717) is 5.69 Å². The van der Waals surface area contributed by atoms with Crippen molar-refractivity contribution in [3.05, 3.63) is 18.2 Å². The number of amides is 3. The normalized spacial score (nSPS) is 14.2. The molecule has 1 aromatic heterocycles. The predicted molar refractivity (Wildman–Crippen MR) is 85.9 cm³/mol. The van der Waals surface area contributed by atoms with Crippen molar-refractivity contribution < 1.29 is 24.3 Å². The smallest absolute Gasteiger partial charge is 0.325 e. The second-order valence-electron chi connectivity index (χ2n) is 5.52. The van der Waals surface area contributed by atoms with Gasteiger partial charge in [-0.3, -0.25) is 19.2 Å². The van der Waals surface area contributed by atoms with Gasteiger partial charge in [-0.15, -0.1) is 0 Å². The number of aliphatic carboxylic acids is 1. The van der Waals surface area contributed by atoms with E-state index >= 15 is 0 Å². The summed E-state index contributed by atoms with van der Waals surface area (Å²) in [5.74, 6) is -3.13. The Morgan fingerprint density at radius 1 is 1.28 bits per heavy atom. The van der Waals surface area contributed by atoms with Crippen LogP contribution in [-0.2, 0) is 25.6 Å². The van der Waals surface area contributed by atoms with Gasteiger partial charge in [-0.1, -0.05) is 0 Å². The molecule has 25 heavy (non-hydrogen) atoms. The molecule has 0 radical (unpaired) electrons. The zero-order valence-electron chi connectivity index (χ0n) is 13.7. The van der Waals surface area contributed by atoms with E-state index in [4.69, 9.17) is 16.6 Å². The Morgan fingerprint density at radius 3 is 2.48 bits per heavy atom. The standard InChI is InChI=1S/C14H22N6O5/c1-7(14(24)25)19-13(23)10(4-8-5-17-6-18-8)20-12(22)9(15)2-3-11(16)21/h5-7,9-10H,2-4,15H2,1H3,(H2,16,21)(H,17,18)(H,19,23)(H,20,22)(H,24,25). The first-order valence-electron chi connectivity index (χ1n) is 7.55. The van der Waals surface area contributed by atoms with E-state index in [9.17, 15) is 19.2 Å². The number of hydrogen-bond donors (Lipinski definition) is 6. The summed E-state index contributed by atoms with van der Waals surface area (Å²) in [7, 11) is 0. The Balaban J connectivity index is 2.76. The van der Waals surface area contributed by atoms with Crippen molar-refractivity contribution in [2.24, 2.45) is 11.5 Å². The summed E-state index contributed by atoms with van der Waals surface area (Å²) in [5, 5.41) is 13.6. The largest absolute Gasteiger partial charge is 0.480 e. The molecule has 11 heteroatoms. The number of rotatable bonds is 10. The molecule has 3 amide bonds. The molecule has 8 N–H and O–H groups in total. The highest BCUT2D eigenvalue weighted by atomic mass is 16.4. The van der Waals surface area contributed by atoms with Crippen molar-refractivity contribution in [3.8, 4) is 0 Å². The summed E-state index contributed by atoms with van der Waals surface area (Å²) >= 11 is 0. The lowest BCUT2D eigenvalue weighted by molar-refractivity contribution is -0.141. The van der Waals surface area contributed by atoms with Crippen LogP contribution in [0.25, 0.3) is 0 Å². The van der Waals surface area contributed by atoms with E-state index in [1.54, 1.807) is 0 Å². The minimum atomic E-state index is -1.21. The molecule has 3 atom stereocenters. The third kappa shape index (κ3) is 6.99. The van der Waals surface area contributed by atoms with Crippen molar-refractivity contribution in [2.45, 2.75) is 44.3 Å². The Kier molecular flexibility index (Phi) is 7.53. The third-order valence-corrected chi connectivity index (χ3v) is 3.38. The molecule has 138 valence electrons. The van der Waals surface area contributed by atoms with Crippen LogP contribution in [0, 0.1) is 0 Å². The number of carboxylic acid groups (broad SMARTS) is 1. The number of nitrogens with one attached hydrogen (secondary N) is 3. The van der Waals surface area contributed by atoms with Crippen molar-refractivity contribution in [2.75, 3.05) is 0 Å². The van der Waals surface area contributed by atoms with Gasteiger partial charge in [-0.05, 0) is 13.3 Å². The SMILES string of the molecule is CC(NC(=O)C(Cc1cnc[nH]1)NC(=O)C(N)CCC(N)=O)C(=O)O. The zero-order valence-corrected chi connectivity index (χ0v) is 13.7. The first-order valence-corrected chi connectivity index (χ1v) is 7.55. The van der Waals surface area contributed by atoms with Crippen molar-refractivity contribution in [1.29, 1.82) is 0 Å². The Hall–Kier alpha value is -2.95. The molecule has 0 aliphatic rings. The molecule has 0 aliphatic heterocycles. The summed E-state index contributed by atoms with van der Waals surface area (Å²) in [6, 6.07) is -3.21. The molecule has 0 saturated heterocycles. The molecule has 1 aromatic rings. The second kappa shape index (κ2) is 9.37. The van der Waals surface area contributed by atoms with E-state index in [2.05, 4.69) is 20.6 Å². The number of aromatic nitrogens is 2. The minimum absolute atomic E-state index is 0.0328. The molecule has 0 bridgehead atoms. The van der Waals surface area contributed by atoms with Gasteiger partial charge in [0.1, 0.15) is 12.1 Å². The summed E-state index contributed by atoms with van der Waals surface area (Å²) in [6.45, 7) is 1.30. The van der Waals surface area contributed by atoms with Crippen LogP contribution in [0.4, 0.5) is 0 Å². The van der Waals surface area contributed by atoms with E-state index in [0.717, 1.165) is 0 Å². The summed E-state index contributed by atoms with van der Waals surface area (Å²) < 4.78 is 0. The monoisotopic (exact) mass is 354 g/mol. The highest BCUT2D eigenvalue weighted by molar-refractivity contribution is 5.92. The summed E-state index contributed by atoms with van der Waals surface area (Å²) in [6.07, 6.45) is 2.91. The summed E-state index contributed by atoms with van der Waals surface area (Å²) in [4.78, 5) is 52.6. The molecule has 0 saturated carbocycles. The van der Waals surface area contributed by atoms with Crippen LogP contribution in [0.2, 0.25) is 0 Å². The maximum absolute atomic E-state index is 12.3. The second-order valence-corrected chi connectivity index (χ2v) is 5.52. The summed E-state index contributed by atoms with van der Waals surface area (Å²) in [5.41, 5.74) is 11.2. The quantitative estimate of drug-likeness (QED) is 0.270. The molecular weight excluding hydrogens is 332 g/mol. The Bertz CT molecular complexity index is 617. The van der Waals surface area contributed by atoms with Gasteiger partial charge in [0.2, 0.25) is 17.7 Å². The van der Waals surface area contributed by atoms with Crippen LogP contribution < -0.4 is 22.1 Å². The fourth-order valence-corrected chi connectivity index (χ4v) is 1.91. The molecule has 0 fully saturated rings. The van der Waals surface area contributed by atoms with Gasteiger partial charge in [0.15, 0.2) is 0 Å². The molecule has 1 rings (SSSR count). The number of nitrogens with zero attached hydrogens (tertiary/aromatic N) is 1. The van der Waals surface area contributed by atoms with Crippen molar-refractivity contribution in [1.82, 2.24) is 20.6 Å². The predicted octanol–water partition coefficient (Wildman–Crippen LogP) is -2.38. The van der Waals surface area contributed by atoms with E-state index < -0.39 is 41.8 Å². The lowest BCUT2D eigenvalue weighted by Crippen LogP contribution is -2.54. The number of nitrogens with two attached hydrogens (primary N) is 2. The molecule has 0 spiro atoms. The topological polar surface area (TPSA) is 193 Å². The lowest BCUT2D eigenvalue weighted by atomic mass is 10.1.